The molecule has 0 saturated heterocycles. The topological polar surface area (TPSA) is 88.5 Å². The van der Waals surface area contributed by atoms with Gasteiger partial charge in [-0.15, -0.1) is 0 Å². The predicted octanol–water partition coefficient (Wildman–Crippen LogP) is 3.61. The van der Waals surface area contributed by atoms with Gasteiger partial charge in [0, 0.05) is 23.0 Å². The highest BCUT2D eigenvalue weighted by Crippen LogP contribution is 2.19. The molecule has 0 radical (unpaired) electrons. The lowest BCUT2D eigenvalue weighted by atomic mass is 10.1. The zero-order valence-corrected chi connectivity index (χ0v) is 13.8. The van der Waals surface area contributed by atoms with E-state index in [2.05, 4.69) is 10.3 Å². The largest absolute Gasteiger partial charge is 0.489 e. The number of nitrogens with zero attached hydrogens (tertiary/aromatic N) is 1. The molecule has 1 heterocycles. The number of ether oxygens (including phenoxy) is 1. The van der Waals surface area contributed by atoms with Crippen LogP contribution in [0.4, 0.5) is 5.69 Å². The molecule has 0 aliphatic carbocycles. The smallest absolute Gasteiger partial charge is 0.354 e. The van der Waals surface area contributed by atoms with Crippen LogP contribution < -0.4 is 10.1 Å². The number of carbonyl (C=O) groups is 2. The number of anilines is 1. The quantitative estimate of drug-likeness (QED) is 0.710. The predicted molar refractivity (Wildman–Crippen MR) is 96.4 cm³/mol. The monoisotopic (exact) mass is 348 g/mol. The summed E-state index contributed by atoms with van der Waals surface area (Å²) in [6, 6.07) is 19.3. The Morgan fingerprint density at radius 3 is 2.50 bits per heavy atom. The molecule has 6 nitrogen and oxygen atoms in total. The fraction of sp³-hybridized carbons (Fsp3) is 0.0500. The molecule has 1 aromatic heterocycles. The van der Waals surface area contributed by atoms with Crippen molar-refractivity contribution >= 4 is 17.6 Å². The van der Waals surface area contributed by atoms with Crippen LogP contribution in [0.1, 0.15) is 26.4 Å². The number of benzene rings is 2. The number of aromatic nitrogens is 1. The molecule has 2 aromatic carbocycles. The van der Waals surface area contributed by atoms with Crippen LogP contribution >= 0.6 is 0 Å². The first-order valence-electron chi connectivity index (χ1n) is 7.90. The molecule has 0 fully saturated rings. The Balaban J connectivity index is 1.74. The van der Waals surface area contributed by atoms with Gasteiger partial charge in [-0.2, -0.15) is 0 Å². The molecule has 130 valence electrons. The van der Waals surface area contributed by atoms with Gasteiger partial charge in [-0.05, 0) is 30.3 Å². The van der Waals surface area contributed by atoms with E-state index >= 15 is 0 Å². The molecule has 2 N–H and O–H groups in total. The van der Waals surface area contributed by atoms with Crippen molar-refractivity contribution in [3.8, 4) is 5.75 Å². The Morgan fingerprint density at radius 1 is 1.00 bits per heavy atom. The van der Waals surface area contributed by atoms with Gasteiger partial charge < -0.3 is 15.2 Å². The normalized spacial score (nSPS) is 10.2. The maximum Gasteiger partial charge on any atom is 0.354 e. The van der Waals surface area contributed by atoms with Crippen molar-refractivity contribution in [2.45, 2.75) is 6.61 Å². The minimum Gasteiger partial charge on any atom is -0.489 e. The summed E-state index contributed by atoms with van der Waals surface area (Å²) >= 11 is 0. The maximum absolute atomic E-state index is 12.4. The van der Waals surface area contributed by atoms with Gasteiger partial charge in [0.25, 0.3) is 5.91 Å². The number of para-hydroxylation sites is 2. The number of amides is 1. The lowest BCUT2D eigenvalue weighted by molar-refractivity contribution is 0.0690. The van der Waals surface area contributed by atoms with E-state index in [1.165, 1.54) is 18.3 Å². The Hall–Kier alpha value is -3.67. The van der Waals surface area contributed by atoms with Crippen molar-refractivity contribution < 1.29 is 19.4 Å². The second kappa shape index (κ2) is 7.94. The van der Waals surface area contributed by atoms with Gasteiger partial charge in [0.05, 0.1) is 0 Å². The molecule has 1 amide bonds. The second-order valence-electron chi connectivity index (χ2n) is 5.45. The van der Waals surface area contributed by atoms with Crippen LogP contribution in [0.25, 0.3) is 0 Å². The molecular formula is C20H16N2O4. The fourth-order valence-corrected chi connectivity index (χ4v) is 2.33. The number of rotatable bonds is 6. The Morgan fingerprint density at radius 2 is 1.73 bits per heavy atom. The third-order valence-corrected chi connectivity index (χ3v) is 3.64. The zero-order chi connectivity index (χ0) is 18.4. The van der Waals surface area contributed by atoms with Gasteiger partial charge >= 0.3 is 5.97 Å². The fourth-order valence-electron chi connectivity index (χ4n) is 2.33. The minimum absolute atomic E-state index is 0.182. The van der Waals surface area contributed by atoms with Gasteiger partial charge in [-0.1, -0.05) is 36.4 Å². The van der Waals surface area contributed by atoms with E-state index in [-0.39, 0.29) is 17.9 Å². The average Bonchev–Trinajstić information content (AvgIpc) is 2.68. The average molecular weight is 348 g/mol. The van der Waals surface area contributed by atoms with Gasteiger partial charge in [0.15, 0.2) is 0 Å². The summed E-state index contributed by atoms with van der Waals surface area (Å²) in [5.41, 5.74) is 1.44. The number of pyridine rings is 1. The van der Waals surface area contributed by atoms with E-state index in [9.17, 15) is 9.59 Å². The van der Waals surface area contributed by atoms with Crippen molar-refractivity contribution in [2.24, 2.45) is 0 Å². The first-order valence-corrected chi connectivity index (χ1v) is 7.90. The van der Waals surface area contributed by atoms with E-state index < -0.39 is 11.9 Å². The Kier molecular flexibility index (Phi) is 5.24. The molecule has 26 heavy (non-hydrogen) atoms. The molecule has 0 saturated carbocycles. The van der Waals surface area contributed by atoms with Crippen molar-refractivity contribution in [1.29, 1.82) is 0 Å². The second-order valence-corrected chi connectivity index (χ2v) is 5.45. The number of hydrogen-bond acceptors (Lipinski definition) is 4. The number of carboxylic acid groups (broad SMARTS) is 1. The highest BCUT2D eigenvalue weighted by molar-refractivity contribution is 6.05. The molecule has 0 spiro atoms. The standard InChI is InChI=1S/C20H16N2O4/c23-19(14-10-11-21-18(12-14)20(24)25)22-17-9-5-4-6-15(17)13-26-16-7-2-1-3-8-16/h1-12H,13H2,(H,22,23)(H,24,25). The van der Waals surface area contributed by atoms with E-state index in [0.717, 1.165) is 11.3 Å². The van der Waals surface area contributed by atoms with E-state index in [1.807, 2.05) is 42.5 Å². The van der Waals surface area contributed by atoms with E-state index in [4.69, 9.17) is 9.84 Å². The molecule has 0 unspecified atom stereocenters. The summed E-state index contributed by atoms with van der Waals surface area (Å²) < 4.78 is 5.73. The first-order chi connectivity index (χ1) is 12.6. The summed E-state index contributed by atoms with van der Waals surface area (Å²) in [5.74, 6) is -0.868. The van der Waals surface area contributed by atoms with Crippen molar-refractivity contribution in [1.82, 2.24) is 4.98 Å². The summed E-state index contributed by atoms with van der Waals surface area (Å²) in [5, 5.41) is 11.8. The summed E-state index contributed by atoms with van der Waals surface area (Å²) in [4.78, 5) is 27.1. The van der Waals surface area contributed by atoms with Gasteiger partial charge in [-0.3, -0.25) is 4.79 Å². The third kappa shape index (κ3) is 4.24. The Bertz CT molecular complexity index is 926. The van der Waals surface area contributed by atoms with E-state index in [0.29, 0.717) is 5.69 Å². The van der Waals surface area contributed by atoms with Crippen molar-refractivity contribution in [3.05, 3.63) is 89.7 Å². The molecule has 0 atom stereocenters. The maximum atomic E-state index is 12.4. The minimum atomic E-state index is -1.18. The lowest BCUT2D eigenvalue weighted by Crippen LogP contribution is -2.15. The van der Waals surface area contributed by atoms with Crippen molar-refractivity contribution in [2.75, 3.05) is 5.32 Å². The lowest BCUT2D eigenvalue weighted by Gasteiger charge is -2.12. The van der Waals surface area contributed by atoms with Crippen LogP contribution in [0.3, 0.4) is 0 Å². The number of hydrogen-bond donors (Lipinski definition) is 2. The molecule has 0 aliphatic rings. The van der Waals surface area contributed by atoms with Crippen LogP contribution in [-0.4, -0.2) is 22.0 Å². The molecular weight excluding hydrogens is 332 g/mol. The molecule has 0 bridgehead atoms. The third-order valence-electron chi connectivity index (χ3n) is 3.64. The highest BCUT2D eigenvalue weighted by Gasteiger charge is 2.12. The first kappa shape index (κ1) is 17.2. The number of nitrogens with one attached hydrogen (secondary N) is 1. The number of carbonyl (C=O) groups excluding carboxylic acids is 1. The van der Waals surface area contributed by atoms with Crippen LogP contribution in [-0.2, 0) is 6.61 Å². The summed E-state index contributed by atoms with van der Waals surface area (Å²) in [6.07, 6.45) is 1.29. The summed E-state index contributed by atoms with van der Waals surface area (Å²) in [6.45, 7) is 0.289. The van der Waals surface area contributed by atoms with Gasteiger partial charge in [0.2, 0.25) is 0 Å². The summed E-state index contributed by atoms with van der Waals surface area (Å²) in [7, 11) is 0. The molecule has 3 aromatic rings. The van der Waals surface area contributed by atoms with Crippen LogP contribution in [0.15, 0.2) is 72.9 Å². The van der Waals surface area contributed by atoms with Crippen LogP contribution in [0, 0.1) is 0 Å². The van der Waals surface area contributed by atoms with Crippen molar-refractivity contribution in [3.63, 3.8) is 0 Å². The van der Waals surface area contributed by atoms with Crippen LogP contribution in [0.2, 0.25) is 0 Å². The van der Waals surface area contributed by atoms with Gasteiger partial charge in [-0.25, -0.2) is 9.78 Å². The van der Waals surface area contributed by atoms with Gasteiger partial charge in [0.1, 0.15) is 18.1 Å². The zero-order valence-electron chi connectivity index (χ0n) is 13.8. The van der Waals surface area contributed by atoms with Crippen LogP contribution in [0.5, 0.6) is 5.75 Å². The number of carboxylic acids is 1. The SMILES string of the molecule is O=C(Nc1ccccc1COc1ccccc1)c1ccnc(C(=O)O)c1. The number of aromatic carboxylic acids is 1. The molecule has 6 heteroatoms. The molecule has 0 aliphatic heterocycles. The molecule has 3 rings (SSSR count). The Labute approximate surface area is 150 Å². The van der Waals surface area contributed by atoms with E-state index in [1.54, 1.807) is 12.1 Å². The highest BCUT2D eigenvalue weighted by atomic mass is 16.5.